The molecule has 0 aliphatic rings. The van der Waals surface area contributed by atoms with Gasteiger partial charge in [-0.1, -0.05) is 12.1 Å². The highest BCUT2D eigenvalue weighted by Gasteiger charge is 2.21. The molecule has 0 aliphatic heterocycles. The first-order valence-electron chi connectivity index (χ1n) is 10.4. The number of nitrogens with zero attached hydrogens (tertiary/aromatic N) is 4. The van der Waals surface area contributed by atoms with E-state index < -0.39 is 28.0 Å². The van der Waals surface area contributed by atoms with Gasteiger partial charge in [0.15, 0.2) is 11.8 Å². The highest BCUT2D eigenvalue weighted by molar-refractivity contribution is 7.92. The minimum atomic E-state index is -3.92. The van der Waals surface area contributed by atoms with Crippen molar-refractivity contribution in [3.63, 3.8) is 0 Å². The average molecular weight is 493 g/mol. The molecule has 0 saturated carbocycles. The van der Waals surface area contributed by atoms with E-state index in [9.17, 15) is 18.0 Å². The molecule has 0 aliphatic carbocycles. The van der Waals surface area contributed by atoms with Crippen LogP contribution in [0.1, 0.15) is 23.1 Å². The van der Waals surface area contributed by atoms with Gasteiger partial charge in [-0.3, -0.25) is 9.78 Å². The molecule has 11 nitrogen and oxygen atoms in total. The number of aromatic nitrogens is 4. The van der Waals surface area contributed by atoms with Crippen LogP contribution in [0.2, 0.25) is 0 Å². The van der Waals surface area contributed by atoms with Gasteiger partial charge in [0.2, 0.25) is 5.95 Å². The third-order valence-electron chi connectivity index (χ3n) is 4.76. The number of esters is 1. The molecule has 0 radical (unpaired) electrons. The lowest BCUT2D eigenvalue weighted by Crippen LogP contribution is -2.30. The predicted octanol–water partition coefficient (Wildman–Crippen LogP) is 2.71. The van der Waals surface area contributed by atoms with Crippen LogP contribution in [0.3, 0.4) is 0 Å². The third-order valence-corrected chi connectivity index (χ3v) is 6.11. The lowest BCUT2D eigenvalue weighted by molar-refractivity contribution is -0.123. The van der Waals surface area contributed by atoms with Crippen LogP contribution < -0.4 is 10.0 Å². The van der Waals surface area contributed by atoms with Crippen molar-refractivity contribution < 1.29 is 22.7 Å². The van der Waals surface area contributed by atoms with Gasteiger partial charge >= 0.3 is 5.97 Å². The van der Waals surface area contributed by atoms with Crippen molar-refractivity contribution in [2.45, 2.75) is 24.8 Å². The van der Waals surface area contributed by atoms with Gasteiger partial charge in [0.1, 0.15) is 0 Å². The summed E-state index contributed by atoms with van der Waals surface area (Å²) in [6.45, 7) is 3.12. The maximum Gasteiger partial charge on any atom is 0.359 e. The Morgan fingerprint density at radius 1 is 0.943 bits per heavy atom. The summed E-state index contributed by atoms with van der Waals surface area (Å²) in [4.78, 5) is 41.1. The summed E-state index contributed by atoms with van der Waals surface area (Å²) in [6.07, 6.45) is 1.59. The SMILES string of the molecule is Cc1ccnc(NS(=O)(=O)c2ccc(NC(=O)C(C)OC(=O)c3cnc4ccccc4n3)cc2)n1. The van der Waals surface area contributed by atoms with Crippen LogP contribution in [0.4, 0.5) is 11.6 Å². The molecule has 0 fully saturated rings. The summed E-state index contributed by atoms with van der Waals surface area (Å²) in [5.41, 5.74) is 2.05. The Labute approximate surface area is 200 Å². The second-order valence-corrected chi connectivity index (χ2v) is 9.11. The first-order chi connectivity index (χ1) is 16.7. The van der Waals surface area contributed by atoms with E-state index in [1.165, 1.54) is 43.6 Å². The molecule has 1 atom stereocenters. The minimum absolute atomic E-state index is 0.0250. The van der Waals surface area contributed by atoms with E-state index in [2.05, 4.69) is 30.0 Å². The van der Waals surface area contributed by atoms with Gasteiger partial charge < -0.3 is 10.1 Å². The largest absolute Gasteiger partial charge is 0.448 e. The number of fused-ring (bicyclic) bond motifs is 1. The number of aryl methyl sites for hydroxylation is 1. The van der Waals surface area contributed by atoms with Crippen molar-refractivity contribution in [2.75, 3.05) is 10.0 Å². The molecule has 2 aromatic carbocycles. The number of hydrogen-bond acceptors (Lipinski definition) is 9. The van der Waals surface area contributed by atoms with Crippen LogP contribution in [0, 0.1) is 6.92 Å². The third kappa shape index (κ3) is 5.73. The number of amides is 1. The van der Waals surface area contributed by atoms with Crippen LogP contribution in [0.5, 0.6) is 0 Å². The van der Waals surface area contributed by atoms with E-state index >= 15 is 0 Å². The molecule has 2 aromatic heterocycles. The number of anilines is 2. The summed E-state index contributed by atoms with van der Waals surface area (Å²) in [6, 6.07) is 14.1. The average Bonchev–Trinajstić information content (AvgIpc) is 2.83. The van der Waals surface area contributed by atoms with Crippen LogP contribution in [0.25, 0.3) is 11.0 Å². The van der Waals surface area contributed by atoms with Gasteiger partial charge in [-0.25, -0.2) is 32.9 Å². The lowest BCUT2D eigenvalue weighted by atomic mass is 10.3. The van der Waals surface area contributed by atoms with Crippen LogP contribution in [0.15, 0.2) is 71.9 Å². The second kappa shape index (κ2) is 9.81. The maximum absolute atomic E-state index is 12.5. The van der Waals surface area contributed by atoms with Crippen molar-refractivity contribution in [1.82, 2.24) is 19.9 Å². The molecule has 1 amide bonds. The fraction of sp³-hybridized carbons (Fsp3) is 0.130. The lowest BCUT2D eigenvalue weighted by Gasteiger charge is -2.14. The van der Waals surface area contributed by atoms with Crippen molar-refractivity contribution in [1.29, 1.82) is 0 Å². The Bertz CT molecular complexity index is 1510. The van der Waals surface area contributed by atoms with Crippen molar-refractivity contribution in [3.8, 4) is 0 Å². The van der Waals surface area contributed by atoms with E-state index in [1.54, 1.807) is 37.3 Å². The fourth-order valence-corrected chi connectivity index (χ4v) is 3.92. The highest BCUT2D eigenvalue weighted by Crippen LogP contribution is 2.17. The van der Waals surface area contributed by atoms with Gasteiger partial charge in [0, 0.05) is 17.6 Å². The number of ether oxygens (including phenoxy) is 1. The summed E-state index contributed by atoms with van der Waals surface area (Å²) in [5, 5.41) is 2.57. The number of nitrogens with one attached hydrogen (secondary N) is 2. The Kier molecular flexibility index (Phi) is 6.64. The van der Waals surface area contributed by atoms with Crippen LogP contribution >= 0.6 is 0 Å². The second-order valence-electron chi connectivity index (χ2n) is 7.43. The number of carbonyl (C=O) groups excluding carboxylic acids is 2. The highest BCUT2D eigenvalue weighted by atomic mass is 32.2. The molecule has 0 spiro atoms. The van der Waals surface area contributed by atoms with E-state index in [0.717, 1.165) is 0 Å². The quantitative estimate of drug-likeness (QED) is 0.371. The number of para-hydroxylation sites is 2. The zero-order chi connectivity index (χ0) is 25.0. The van der Waals surface area contributed by atoms with Gasteiger partial charge in [-0.15, -0.1) is 0 Å². The number of sulfonamides is 1. The number of benzene rings is 2. The summed E-state index contributed by atoms with van der Waals surface area (Å²) in [5.74, 6) is -1.44. The fourth-order valence-electron chi connectivity index (χ4n) is 2.97. The van der Waals surface area contributed by atoms with E-state index in [4.69, 9.17) is 4.74 Å². The molecular weight excluding hydrogens is 472 g/mol. The first kappa shape index (κ1) is 23.7. The number of rotatable bonds is 7. The van der Waals surface area contributed by atoms with E-state index in [1.807, 2.05) is 0 Å². The Morgan fingerprint density at radius 2 is 1.66 bits per heavy atom. The summed E-state index contributed by atoms with van der Waals surface area (Å²) >= 11 is 0. The van der Waals surface area contributed by atoms with Crippen LogP contribution in [-0.2, 0) is 19.6 Å². The zero-order valence-electron chi connectivity index (χ0n) is 18.7. The normalized spacial score (nSPS) is 12.1. The van der Waals surface area contributed by atoms with Crippen molar-refractivity contribution in [3.05, 3.63) is 78.4 Å². The van der Waals surface area contributed by atoms with E-state index in [-0.39, 0.29) is 16.5 Å². The summed E-state index contributed by atoms with van der Waals surface area (Å²) in [7, 11) is -3.92. The molecule has 12 heteroatoms. The van der Waals surface area contributed by atoms with Gasteiger partial charge in [0.05, 0.1) is 22.1 Å². The molecular formula is C23H20N6O5S. The molecule has 0 bridgehead atoms. The molecule has 4 rings (SSSR count). The minimum Gasteiger partial charge on any atom is -0.448 e. The Balaban J connectivity index is 1.37. The van der Waals surface area contributed by atoms with Gasteiger partial charge in [-0.2, -0.15) is 0 Å². The predicted molar refractivity (Wildman–Crippen MR) is 127 cm³/mol. The van der Waals surface area contributed by atoms with Crippen molar-refractivity contribution in [2.24, 2.45) is 0 Å². The monoisotopic (exact) mass is 492 g/mol. The first-order valence-corrected chi connectivity index (χ1v) is 11.9. The van der Waals surface area contributed by atoms with Gasteiger partial charge in [-0.05, 0) is 56.3 Å². The molecule has 2 N–H and O–H groups in total. The Morgan fingerprint density at radius 3 is 2.37 bits per heavy atom. The topological polar surface area (TPSA) is 153 Å². The molecule has 35 heavy (non-hydrogen) atoms. The van der Waals surface area contributed by atoms with Crippen molar-refractivity contribution >= 4 is 44.6 Å². The van der Waals surface area contributed by atoms with E-state index in [0.29, 0.717) is 22.4 Å². The standard InChI is InChI=1S/C23H20N6O5S/c1-14-11-12-24-23(26-14)29-35(32,33)17-9-7-16(8-10-17)27-21(30)15(2)34-22(31)20-13-25-18-5-3-4-6-19(18)28-20/h3-13,15H,1-2H3,(H,27,30)(H,24,26,29). The Hall–Kier alpha value is -4.45. The molecule has 0 saturated heterocycles. The summed E-state index contributed by atoms with van der Waals surface area (Å²) < 4.78 is 32.6. The number of hydrogen-bond donors (Lipinski definition) is 2. The molecule has 2 heterocycles. The zero-order valence-corrected chi connectivity index (χ0v) is 19.5. The van der Waals surface area contributed by atoms with Gasteiger partial charge in [0.25, 0.3) is 15.9 Å². The molecule has 1 unspecified atom stereocenters. The molecule has 178 valence electrons. The smallest absolute Gasteiger partial charge is 0.359 e. The maximum atomic E-state index is 12.5. The number of carbonyl (C=O) groups is 2. The molecule has 4 aromatic rings. The van der Waals surface area contributed by atoms with Crippen LogP contribution in [-0.4, -0.2) is 46.3 Å².